The van der Waals surface area contributed by atoms with Gasteiger partial charge in [0.2, 0.25) is 0 Å². The first-order valence-corrected chi connectivity index (χ1v) is 5.62. The van der Waals surface area contributed by atoms with Crippen molar-refractivity contribution in [2.24, 2.45) is 0 Å². The van der Waals surface area contributed by atoms with Gasteiger partial charge in [0.25, 0.3) is 0 Å². The van der Waals surface area contributed by atoms with E-state index in [1.807, 2.05) is 0 Å². The maximum Gasteiger partial charge on any atom is 0.147 e. The summed E-state index contributed by atoms with van der Waals surface area (Å²) >= 11 is 3.16. The highest BCUT2D eigenvalue weighted by Gasteiger charge is 2.19. The Hall–Kier alpha value is -1.33. The van der Waals surface area contributed by atoms with E-state index in [0.717, 1.165) is 0 Å². The molecule has 0 amide bonds. The number of benzene rings is 1. The minimum atomic E-state index is -1.42. The first kappa shape index (κ1) is 12.1. The average molecular weight is 300 g/mol. The molecule has 0 aliphatic heterocycles. The zero-order chi connectivity index (χ0) is 12.4. The number of aromatic nitrogens is 1. The summed E-state index contributed by atoms with van der Waals surface area (Å²) in [7, 11) is 0. The molecule has 0 saturated carbocycles. The van der Waals surface area contributed by atoms with Crippen LogP contribution in [0, 0.1) is 11.6 Å². The summed E-state index contributed by atoms with van der Waals surface area (Å²) in [5, 5.41) is 9.91. The number of hydrogen-bond acceptors (Lipinski definition) is 2. The van der Waals surface area contributed by atoms with Crippen LogP contribution in [0.25, 0.3) is 0 Å². The molecule has 2 aromatic rings. The van der Waals surface area contributed by atoms with Crippen LogP contribution in [0.5, 0.6) is 0 Å². The number of halogens is 3. The monoisotopic (exact) mass is 299 g/mol. The number of rotatable bonds is 2. The molecule has 1 heterocycles. The van der Waals surface area contributed by atoms with Crippen LogP contribution in [-0.4, -0.2) is 10.1 Å². The Kier molecular flexibility index (Phi) is 3.49. The SMILES string of the molecule is OC(c1cc(Br)ccc1F)c1ncccc1F. The summed E-state index contributed by atoms with van der Waals surface area (Å²) in [5.74, 6) is -1.27. The van der Waals surface area contributed by atoms with Crippen molar-refractivity contribution in [2.75, 3.05) is 0 Å². The van der Waals surface area contributed by atoms with E-state index in [0.29, 0.717) is 4.47 Å². The fraction of sp³-hybridized carbons (Fsp3) is 0.0833. The van der Waals surface area contributed by atoms with Gasteiger partial charge in [0.1, 0.15) is 23.4 Å². The van der Waals surface area contributed by atoms with Crippen LogP contribution in [0.4, 0.5) is 8.78 Å². The van der Waals surface area contributed by atoms with Crippen LogP contribution in [0.3, 0.4) is 0 Å². The molecule has 1 unspecified atom stereocenters. The van der Waals surface area contributed by atoms with E-state index in [9.17, 15) is 13.9 Å². The molecule has 0 radical (unpaired) electrons. The molecule has 88 valence electrons. The third-order valence-corrected chi connectivity index (χ3v) is 2.79. The minimum absolute atomic E-state index is 0.0167. The van der Waals surface area contributed by atoms with Gasteiger partial charge < -0.3 is 5.11 Å². The second-order valence-electron chi connectivity index (χ2n) is 3.44. The molecule has 1 aromatic heterocycles. The summed E-state index contributed by atoms with van der Waals surface area (Å²) in [6, 6.07) is 6.67. The van der Waals surface area contributed by atoms with Gasteiger partial charge in [0.15, 0.2) is 0 Å². The molecule has 1 N–H and O–H groups in total. The summed E-state index contributed by atoms with van der Waals surface area (Å²) in [4.78, 5) is 3.72. The van der Waals surface area contributed by atoms with E-state index in [4.69, 9.17) is 0 Å². The molecule has 0 saturated heterocycles. The summed E-state index contributed by atoms with van der Waals surface area (Å²) < 4.78 is 27.5. The van der Waals surface area contributed by atoms with E-state index in [1.54, 1.807) is 0 Å². The van der Waals surface area contributed by atoms with Crippen molar-refractivity contribution in [3.63, 3.8) is 0 Å². The Morgan fingerprint density at radius 3 is 2.65 bits per heavy atom. The third-order valence-electron chi connectivity index (χ3n) is 2.30. The topological polar surface area (TPSA) is 33.1 Å². The lowest BCUT2D eigenvalue weighted by molar-refractivity contribution is 0.204. The third kappa shape index (κ3) is 2.50. The predicted octanol–water partition coefficient (Wildman–Crippen LogP) is 3.20. The van der Waals surface area contributed by atoms with Gasteiger partial charge in [-0.05, 0) is 30.3 Å². The smallest absolute Gasteiger partial charge is 0.147 e. The highest BCUT2D eigenvalue weighted by molar-refractivity contribution is 9.10. The standard InChI is InChI=1S/C12H8BrF2NO/c13-7-3-4-9(14)8(6-7)12(17)11-10(15)2-1-5-16-11/h1-6,12,17H. The van der Waals surface area contributed by atoms with Gasteiger partial charge in [0.05, 0.1) is 0 Å². The van der Waals surface area contributed by atoms with Gasteiger partial charge in [-0.15, -0.1) is 0 Å². The van der Waals surface area contributed by atoms with Crippen LogP contribution in [0.15, 0.2) is 41.0 Å². The van der Waals surface area contributed by atoms with Crippen LogP contribution >= 0.6 is 15.9 Å². The van der Waals surface area contributed by atoms with Gasteiger partial charge in [0, 0.05) is 16.2 Å². The Morgan fingerprint density at radius 2 is 1.94 bits per heavy atom. The van der Waals surface area contributed by atoms with Crippen molar-refractivity contribution in [1.29, 1.82) is 0 Å². The van der Waals surface area contributed by atoms with Crippen LogP contribution < -0.4 is 0 Å². The fourth-order valence-corrected chi connectivity index (χ4v) is 1.85. The van der Waals surface area contributed by atoms with Gasteiger partial charge >= 0.3 is 0 Å². The number of nitrogens with zero attached hydrogens (tertiary/aromatic N) is 1. The minimum Gasteiger partial charge on any atom is -0.382 e. The van der Waals surface area contributed by atoms with Crippen molar-refractivity contribution in [3.05, 3.63) is 63.9 Å². The Bertz CT molecular complexity index is 548. The molecule has 0 bridgehead atoms. The summed E-state index contributed by atoms with van der Waals surface area (Å²) in [6.45, 7) is 0. The maximum atomic E-state index is 13.5. The molecular weight excluding hydrogens is 292 g/mol. The number of aliphatic hydroxyl groups excluding tert-OH is 1. The first-order valence-electron chi connectivity index (χ1n) is 4.83. The quantitative estimate of drug-likeness (QED) is 0.924. The molecule has 0 spiro atoms. The Labute approximate surface area is 105 Å². The van der Waals surface area contributed by atoms with E-state index in [1.165, 1.54) is 36.5 Å². The lowest BCUT2D eigenvalue weighted by Gasteiger charge is -2.12. The molecule has 1 atom stereocenters. The average Bonchev–Trinajstić information content (AvgIpc) is 2.32. The van der Waals surface area contributed by atoms with Gasteiger partial charge in [-0.25, -0.2) is 8.78 Å². The number of hydrogen-bond donors (Lipinski definition) is 1. The molecule has 0 aliphatic rings. The van der Waals surface area contributed by atoms with Crippen molar-refractivity contribution in [1.82, 2.24) is 4.98 Å². The number of aliphatic hydroxyl groups is 1. The fourth-order valence-electron chi connectivity index (χ4n) is 1.47. The second-order valence-corrected chi connectivity index (χ2v) is 4.35. The van der Waals surface area contributed by atoms with Crippen LogP contribution in [-0.2, 0) is 0 Å². The predicted molar refractivity (Wildman–Crippen MR) is 62.4 cm³/mol. The summed E-state index contributed by atoms with van der Waals surface area (Å²) in [5.41, 5.74) is -0.207. The molecule has 5 heteroatoms. The number of pyridine rings is 1. The molecule has 17 heavy (non-hydrogen) atoms. The lowest BCUT2D eigenvalue weighted by atomic mass is 10.1. The van der Waals surface area contributed by atoms with Crippen molar-refractivity contribution >= 4 is 15.9 Å². The second kappa shape index (κ2) is 4.89. The van der Waals surface area contributed by atoms with E-state index in [-0.39, 0.29) is 11.3 Å². The van der Waals surface area contributed by atoms with Crippen LogP contribution in [0.2, 0.25) is 0 Å². The van der Waals surface area contributed by atoms with E-state index < -0.39 is 17.7 Å². The van der Waals surface area contributed by atoms with Crippen molar-refractivity contribution < 1.29 is 13.9 Å². The highest BCUT2D eigenvalue weighted by Crippen LogP contribution is 2.27. The molecule has 2 rings (SSSR count). The Balaban J connectivity index is 2.47. The highest BCUT2D eigenvalue weighted by atomic mass is 79.9. The van der Waals surface area contributed by atoms with Gasteiger partial charge in [-0.2, -0.15) is 0 Å². The Morgan fingerprint density at radius 1 is 1.18 bits per heavy atom. The zero-order valence-corrected chi connectivity index (χ0v) is 10.2. The normalized spacial score (nSPS) is 12.5. The van der Waals surface area contributed by atoms with Crippen LogP contribution in [0.1, 0.15) is 17.4 Å². The molecular formula is C12H8BrF2NO. The zero-order valence-electron chi connectivity index (χ0n) is 8.57. The van der Waals surface area contributed by atoms with Crippen molar-refractivity contribution in [2.45, 2.75) is 6.10 Å². The molecule has 2 nitrogen and oxygen atoms in total. The van der Waals surface area contributed by atoms with Gasteiger partial charge in [-0.1, -0.05) is 15.9 Å². The van der Waals surface area contributed by atoms with E-state index >= 15 is 0 Å². The largest absolute Gasteiger partial charge is 0.382 e. The van der Waals surface area contributed by atoms with Gasteiger partial charge in [-0.3, -0.25) is 4.98 Å². The molecule has 0 fully saturated rings. The maximum absolute atomic E-state index is 13.5. The van der Waals surface area contributed by atoms with E-state index in [2.05, 4.69) is 20.9 Å². The summed E-state index contributed by atoms with van der Waals surface area (Å²) in [6.07, 6.45) is -0.0777. The first-order chi connectivity index (χ1) is 8.09. The molecule has 1 aromatic carbocycles. The molecule has 0 aliphatic carbocycles. The van der Waals surface area contributed by atoms with Crippen molar-refractivity contribution in [3.8, 4) is 0 Å². The lowest BCUT2D eigenvalue weighted by Crippen LogP contribution is -2.07.